The third kappa shape index (κ3) is 3.18. The summed E-state index contributed by atoms with van der Waals surface area (Å²) in [7, 11) is 1.54. The van der Waals surface area contributed by atoms with Gasteiger partial charge in [0.25, 0.3) is 0 Å². The van der Waals surface area contributed by atoms with Gasteiger partial charge >= 0.3 is 5.97 Å². The summed E-state index contributed by atoms with van der Waals surface area (Å²) in [6, 6.07) is 16.5. The minimum Gasteiger partial charge on any atom is -0.495 e. The summed E-state index contributed by atoms with van der Waals surface area (Å²) in [5, 5.41) is 2.83. The van der Waals surface area contributed by atoms with Crippen LogP contribution < -0.4 is 10.1 Å². The molecule has 0 aliphatic carbocycles. The maximum atomic E-state index is 12.6. The quantitative estimate of drug-likeness (QED) is 0.882. The predicted octanol–water partition coefficient (Wildman–Crippen LogP) is 2.94. The van der Waals surface area contributed by atoms with Crippen molar-refractivity contribution in [2.45, 2.75) is 12.5 Å². The molecular weight excluding hydrogens is 294 g/mol. The number of carbonyl (C=O) groups is 2. The van der Waals surface area contributed by atoms with E-state index in [4.69, 9.17) is 9.47 Å². The van der Waals surface area contributed by atoms with E-state index in [1.165, 1.54) is 0 Å². The van der Waals surface area contributed by atoms with Gasteiger partial charge in [0.15, 0.2) is 0 Å². The van der Waals surface area contributed by atoms with Gasteiger partial charge in [-0.1, -0.05) is 42.5 Å². The molecule has 1 heterocycles. The van der Waals surface area contributed by atoms with Crippen molar-refractivity contribution in [2.75, 3.05) is 12.4 Å². The summed E-state index contributed by atoms with van der Waals surface area (Å²) >= 11 is 0. The Morgan fingerprint density at radius 3 is 2.57 bits per heavy atom. The van der Waals surface area contributed by atoms with E-state index >= 15 is 0 Å². The van der Waals surface area contributed by atoms with E-state index in [2.05, 4.69) is 5.32 Å². The molecule has 0 radical (unpaired) electrons. The minimum absolute atomic E-state index is 0.0700. The summed E-state index contributed by atoms with van der Waals surface area (Å²) in [6.07, 6.45) is -0.487. The van der Waals surface area contributed by atoms with E-state index in [0.29, 0.717) is 11.4 Å². The molecule has 0 unspecified atom stereocenters. The Kier molecular flexibility index (Phi) is 4.28. The molecule has 2 aromatic carbocycles. The summed E-state index contributed by atoms with van der Waals surface area (Å²) in [6.45, 7) is 0. The van der Waals surface area contributed by atoms with Crippen LogP contribution in [-0.4, -0.2) is 19.0 Å². The van der Waals surface area contributed by atoms with Crippen LogP contribution in [0.5, 0.6) is 5.75 Å². The number of para-hydroxylation sites is 2. The molecular formula is C18H17NO4. The molecule has 23 heavy (non-hydrogen) atoms. The number of rotatable bonds is 4. The summed E-state index contributed by atoms with van der Waals surface area (Å²) in [5.74, 6) is -0.606. The first-order chi connectivity index (χ1) is 11.2. The molecule has 118 valence electrons. The molecule has 5 nitrogen and oxygen atoms in total. The van der Waals surface area contributed by atoms with Gasteiger partial charge in [-0.2, -0.15) is 0 Å². The highest BCUT2D eigenvalue weighted by atomic mass is 16.6. The molecule has 2 atom stereocenters. The second kappa shape index (κ2) is 6.52. The van der Waals surface area contributed by atoms with Gasteiger partial charge in [0.2, 0.25) is 5.91 Å². The fourth-order valence-electron chi connectivity index (χ4n) is 2.71. The van der Waals surface area contributed by atoms with Crippen LogP contribution in [-0.2, 0) is 14.3 Å². The van der Waals surface area contributed by atoms with Crippen molar-refractivity contribution in [1.82, 2.24) is 0 Å². The highest BCUT2D eigenvalue weighted by Crippen LogP contribution is 2.36. The van der Waals surface area contributed by atoms with Crippen molar-refractivity contribution in [3.8, 4) is 5.75 Å². The lowest BCUT2D eigenvalue weighted by Crippen LogP contribution is -2.25. The smallest absolute Gasteiger partial charge is 0.307 e. The van der Waals surface area contributed by atoms with Crippen LogP contribution in [0.4, 0.5) is 5.69 Å². The molecule has 1 aliphatic heterocycles. The number of hydrogen-bond donors (Lipinski definition) is 1. The molecule has 0 aromatic heterocycles. The van der Waals surface area contributed by atoms with E-state index in [9.17, 15) is 9.59 Å². The average Bonchev–Trinajstić information content (AvgIpc) is 2.98. The van der Waals surface area contributed by atoms with Crippen molar-refractivity contribution >= 4 is 17.6 Å². The van der Waals surface area contributed by atoms with Crippen molar-refractivity contribution in [2.24, 2.45) is 5.92 Å². The van der Waals surface area contributed by atoms with E-state index in [0.717, 1.165) is 5.56 Å². The Balaban J connectivity index is 1.81. The summed E-state index contributed by atoms with van der Waals surface area (Å²) in [5.41, 5.74) is 1.39. The number of amides is 1. The zero-order valence-electron chi connectivity index (χ0n) is 12.7. The first kappa shape index (κ1) is 15.1. The molecule has 1 aliphatic rings. The number of methoxy groups -OCH3 is 1. The third-order valence-electron chi connectivity index (χ3n) is 3.84. The molecule has 2 aromatic rings. The van der Waals surface area contributed by atoms with Gasteiger partial charge in [-0.15, -0.1) is 0 Å². The highest BCUT2D eigenvalue weighted by Gasteiger charge is 2.40. The lowest BCUT2D eigenvalue weighted by molar-refractivity contribution is -0.141. The maximum Gasteiger partial charge on any atom is 0.307 e. The maximum absolute atomic E-state index is 12.6. The van der Waals surface area contributed by atoms with Gasteiger partial charge in [0.05, 0.1) is 25.1 Å². The Labute approximate surface area is 134 Å². The van der Waals surface area contributed by atoms with Gasteiger partial charge in [-0.25, -0.2) is 0 Å². The van der Waals surface area contributed by atoms with Crippen molar-refractivity contribution in [3.05, 3.63) is 60.2 Å². The number of ether oxygens (including phenoxy) is 2. The largest absolute Gasteiger partial charge is 0.495 e. The van der Waals surface area contributed by atoms with Crippen LogP contribution >= 0.6 is 0 Å². The predicted molar refractivity (Wildman–Crippen MR) is 85.0 cm³/mol. The Bertz CT molecular complexity index is 714. The van der Waals surface area contributed by atoms with Crippen molar-refractivity contribution in [1.29, 1.82) is 0 Å². The molecule has 0 bridgehead atoms. The normalized spacial score (nSPS) is 20.0. The summed E-state index contributed by atoms with van der Waals surface area (Å²) in [4.78, 5) is 24.3. The van der Waals surface area contributed by atoms with Crippen LogP contribution in [0.25, 0.3) is 0 Å². The molecule has 0 saturated carbocycles. The van der Waals surface area contributed by atoms with Gasteiger partial charge in [0.1, 0.15) is 11.9 Å². The number of cyclic esters (lactones) is 1. The van der Waals surface area contributed by atoms with E-state index in [1.54, 1.807) is 19.2 Å². The number of benzene rings is 2. The van der Waals surface area contributed by atoms with Gasteiger partial charge < -0.3 is 14.8 Å². The number of esters is 1. The third-order valence-corrected chi connectivity index (χ3v) is 3.84. The SMILES string of the molecule is COc1ccccc1NC(=O)[C@@H]1CC(=O)O[C@@H]1c1ccccc1. The monoisotopic (exact) mass is 311 g/mol. The zero-order chi connectivity index (χ0) is 16.2. The summed E-state index contributed by atoms with van der Waals surface area (Å²) < 4.78 is 10.6. The van der Waals surface area contributed by atoms with Crippen molar-refractivity contribution < 1.29 is 19.1 Å². The van der Waals surface area contributed by atoms with Gasteiger partial charge in [-0.3, -0.25) is 9.59 Å². The average molecular weight is 311 g/mol. The molecule has 1 amide bonds. The van der Waals surface area contributed by atoms with Crippen LogP contribution in [0.3, 0.4) is 0 Å². The molecule has 1 saturated heterocycles. The Hall–Kier alpha value is -2.82. The fourth-order valence-corrected chi connectivity index (χ4v) is 2.71. The zero-order valence-corrected chi connectivity index (χ0v) is 12.7. The number of nitrogens with one attached hydrogen (secondary N) is 1. The lowest BCUT2D eigenvalue weighted by Gasteiger charge is -2.18. The van der Waals surface area contributed by atoms with E-state index in [-0.39, 0.29) is 18.3 Å². The fraction of sp³-hybridized carbons (Fsp3) is 0.222. The second-order valence-corrected chi connectivity index (χ2v) is 5.32. The first-order valence-electron chi connectivity index (χ1n) is 7.37. The Morgan fingerprint density at radius 1 is 1.13 bits per heavy atom. The Morgan fingerprint density at radius 2 is 1.83 bits per heavy atom. The minimum atomic E-state index is -0.560. The van der Waals surface area contributed by atoms with Crippen LogP contribution in [0.2, 0.25) is 0 Å². The number of anilines is 1. The number of carbonyl (C=O) groups excluding carboxylic acids is 2. The van der Waals surface area contributed by atoms with Crippen molar-refractivity contribution in [3.63, 3.8) is 0 Å². The molecule has 1 fully saturated rings. The van der Waals surface area contributed by atoms with E-state index in [1.807, 2.05) is 42.5 Å². The highest BCUT2D eigenvalue weighted by molar-refractivity contribution is 5.97. The molecule has 1 N–H and O–H groups in total. The van der Waals surface area contributed by atoms with Gasteiger partial charge in [0, 0.05) is 0 Å². The van der Waals surface area contributed by atoms with E-state index < -0.39 is 12.0 Å². The van der Waals surface area contributed by atoms with Crippen LogP contribution in [0.15, 0.2) is 54.6 Å². The second-order valence-electron chi connectivity index (χ2n) is 5.32. The van der Waals surface area contributed by atoms with Gasteiger partial charge in [-0.05, 0) is 17.7 Å². The topological polar surface area (TPSA) is 64.6 Å². The first-order valence-corrected chi connectivity index (χ1v) is 7.37. The molecule has 0 spiro atoms. The number of hydrogen-bond acceptors (Lipinski definition) is 4. The lowest BCUT2D eigenvalue weighted by atomic mass is 9.94. The van der Waals surface area contributed by atoms with Crippen LogP contribution in [0.1, 0.15) is 18.1 Å². The van der Waals surface area contributed by atoms with Crippen LogP contribution in [0, 0.1) is 5.92 Å². The molecule has 5 heteroatoms. The molecule has 3 rings (SSSR count). The standard InChI is InChI=1S/C18H17NO4/c1-22-15-10-6-5-9-14(15)19-18(21)13-11-16(20)23-17(13)12-7-3-2-4-8-12/h2-10,13,17H,11H2,1H3,(H,19,21)/t13-,17-/m1/s1.